The molecule has 4 rings (SSSR count). The smallest absolute Gasteiger partial charge is 0.231 e. The predicted molar refractivity (Wildman–Crippen MR) is 93.6 cm³/mol. The van der Waals surface area contributed by atoms with Gasteiger partial charge in [0.1, 0.15) is 5.82 Å². The number of nitrogens with zero attached hydrogens (tertiary/aromatic N) is 2. The molecule has 0 radical (unpaired) electrons. The van der Waals surface area contributed by atoms with E-state index in [0.717, 1.165) is 18.8 Å². The summed E-state index contributed by atoms with van der Waals surface area (Å²) in [6.45, 7) is 3.41. The topological polar surface area (TPSA) is 46.9 Å². The number of carbonyl (C=O) groups is 1. The molecule has 0 bridgehead atoms. The maximum atomic E-state index is 13.2. The summed E-state index contributed by atoms with van der Waals surface area (Å²) in [5.74, 6) is 1.20. The Morgan fingerprint density at radius 1 is 1.25 bits per heavy atom. The van der Waals surface area contributed by atoms with Crippen molar-refractivity contribution in [1.29, 1.82) is 0 Å². The van der Waals surface area contributed by atoms with Gasteiger partial charge in [0.25, 0.3) is 0 Å². The first-order valence-electron chi connectivity index (χ1n) is 9.00. The average molecular weight is 323 g/mol. The Bertz CT molecular complexity index is 730. The first kappa shape index (κ1) is 15.4. The molecule has 2 aliphatic rings. The van der Waals surface area contributed by atoms with E-state index in [1.165, 1.54) is 31.2 Å². The molecule has 1 amide bonds. The Balaban J connectivity index is 1.50. The van der Waals surface area contributed by atoms with Crippen LogP contribution in [0.5, 0.6) is 0 Å². The number of hydrogen-bond donors (Lipinski definition) is 1. The molecule has 2 fully saturated rings. The SMILES string of the molecule is Cc1nccn1CCNC(=O)[C@@]1(c2ccccc2)CC12CCCC2. The minimum Gasteiger partial charge on any atom is -0.354 e. The van der Waals surface area contributed by atoms with Crippen molar-refractivity contribution >= 4 is 5.91 Å². The number of nitrogens with one attached hydrogen (secondary N) is 1. The summed E-state index contributed by atoms with van der Waals surface area (Å²) in [7, 11) is 0. The van der Waals surface area contributed by atoms with Crippen molar-refractivity contribution in [2.75, 3.05) is 6.54 Å². The molecule has 0 unspecified atom stereocenters. The van der Waals surface area contributed by atoms with Crippen molar-refractivity contribution in [3.8, 4) is 0 Å². The van der Waals surface area contributed by atoms with Gasteiger partial charge in [0.15, 0.2) is 0 Å². The van der Waals surface area contributed by atoms with E-state index in [-0.39, 0.29) is 16.7 Å². The number of aryl methyl sites for hydroxylation is 1. The first-order valence-corrected chi connectivity index (χ1v) is 9.00. The van der Waals surface area contributed by atoms with Crippen molar-refractivity contribution in [2.45, 2.75) is 51.0 Å². The molecule has 126 valence electrons. The minimum absolute atomic E-state index is 0.212. The minimum atomic E-state index is -0.297. The monoisotopic (exact) mass is 323 g/mol. The molecular formula is C20H25N3O. The van der Waals surface area contributed by atoms with Gasteiger partial charge in [-0.1, -0.05) is 43.2 Å². The highest BCUT2D eigenvalue weighted by Crippen LogP contribution is 2.72. The number of imidazole rings is 1. The van der Waals surface area contributed by atoms with E-state index in [1.54, 1.807) is 6.20 Å². The molecular weight excluding hydrogens is 298 g/mol. The van der Waals surface area contributed by atoms with Gasteiger partial charge in [-0.25, -0.2) is 4.98 Å². The van der Waals surface area contributed by atoms with Crippen LogP contribution in [-0.4, -0.2) is 22.0 Å². The standard InChI is InChI=1S/C20H25N3O/c1-16-21-11-13-23(16)14-12-22-18(24)20(17-7-3-2-4-8-17)15-19(20)9-5-6-10-19/h2-4,7-8,11,13H,5-6,9-10,12,14-15H2,1H3,(H,22,24)/t20-/m0/s1. The van der Waals surface area contributed by atoms with Gasteiger partial charge >= 0.3 is 0 Å². The number of aromatic nitrogens is 2. The van der Waals surface area contributed by atoms with E-state index in [9.17, 15) is 4.79 Å². The molecule has 4 nitrogen and oxygen atoms in total. The van der Waals surface area contributed by atoms with Gasteiger partial charge in [-0.2, -0.15) is 0 Å². The fourth-order valence-electron chi connectivity index (χ4n) is 4.78. The normalized spacial score (nSPS) is 24.2. The van der Waals surface area contributed by atoms with Gasteiger partial charge in [-0.3, -0.25) is 4.79 Å². The van der Waals surface area contributed by atoms with Gasteiger partial charge in [-0.15, -0.1) is 0 Å². The van der Waals surface area contributed by atoms with Crippen LogP contribution in [0.15, 0.2) is 42.7 Å². The Morgan fingerprint density at radius 2 is 2.00 bits per heavy atom. The molecule has 1 N–H and O–H groups in total. The van der Waals surface area contributed by atoms with Crippen LogP contribution in [0.2, 0.25) is 0 Å². The van der Waals surface area contributed by atoms with Crippen LogP contribution in [0, 0.1) is 12.3 Å². The molecule has 1 aromatic heterocycles. The van der Waals surface area contributed by atoms with Crippen LogP contribution < -0.4 is 5.32 Å². The summed E-state index contributed by atoms with van der Waals surface area (Å²) in [5.41, 5.74) is 1.11. The molecule has 1 spiro atoms. The summed E-state index contributed by atoms with van der Waals surface area (Å²) in [4.78, 5) is 17.4. The van der Waals surface area contributed by atoms with E-state index < -0.39 is 0 Å². The van der Waals surface area contributed by atoms with Crippen LogP contribution in [0.3, 0.4) is 0 Å². The molecule has 1 aromatic carbocycles. The largest absolute Gasteiger partial charge is 0.354 e. The second kappa shape index (κ2) is 5.76. The van der Waals surface area contributed by atoms with Crippen molar-refractivity contribution in [2.24, 2.45) is 5.41 Å². The molecule has 0 aliphatic heterocycles. The van der Waals surface area contributed by atoms with E-state index in [1.807, 2.05) is 19.2 Å². The lowest BCUT2D eigenvalue weighted by molar-refractivity contribution is -0.124. The summed E-state index contributed by atoms with van der Waals surface area (Å²) in [5, 5.41) is 3.21. The Hall–Kier alpha value is -2.10. The second-order valence-corrected chi connectivity index (χ2v) is 7.36. The van der Waals surface area contributed by atoms with Crippen LogP contribution in [0.4, 0.5) is 0 Å². The van der Waals surface area contributed by atoms with E-state index in [4.69, 9.17) is 0 Å². The maximum absolute atomic E-state index is 13.2. The van der Waals surface area contributed by atoms with Gasteiger partial charge in [0, 0.05) is 25.5 Å². The molecule has 2 saturated carbocycles. The lowest BCUT2D eigenvalue weighted by atomic mass is 9.84. The number of benzene rings is 1. The molecule has 0 saturated heterocycles. The third kappa shape index (κ3) is 2.27. The zero-order valence-electron chi connectivity index (χ0n) is 14.3. The molecule has 2 aromatic rings. The average Bonchev–Trinajstić information content (AvgIpc) is 2.87. The zero-order chi connectivity index (χ0) is 16.6. The summed E-state index contributed by atoms with van der Waals surface area (Å²) in [6.07, 6.45) is 9.68. The highest BCUT2D eigenvalue weighted by molar-refractivity contribution is 5.93. The quantitative estimate of drug-likeness (QED) is 0.918. The lowest BCUT2D eigenvalue weighted by Crippen LogP contribution is -2.39. The molecule has 2 aliphatic carbocycles. The van der Waals surface area contributed by atoms with E-state index in [2.05, 4.69) is 39.1 Å². The van der Waals surface area contributed by atoms with Gasteiger partial charge < -0.3 is 9.88 Å². The predicted octanol–water partition coefficient (Wildman–Crippen LogP) is 3.21. The van der Waals surface area contributed by atoms with Crippen molar-refractivity contribution in [3.63, 3.8) is 0 Å². The summed E-state index contributed by atoms with van der Waals surface area (Å²) in [6, 6.07) is 10.4. The highest BCUT2D eigenvalue weighted by Gasteiger charge is 2.72. The number of amides is 1. The maximum Gasteiger partial charge on any atom is 0.231 e. The zero-order valence-corrected chi connectivity index (χ0v) is 14.3. The van der Waals surface area contributed by atoms with Crippen LogP contribution in [0.25, 0.3) is 0 Å². The molecule has 24 heavy (non-hydrogen) atoms. The lowest BCUT2D eigenvalue weighted by Gasteiger charge is -2.23. The second-order valence-electron chi connectivity index (χ2n) is 7.36. The third-order valence-electron chi connectivity index (χ3n) is 6.16. The Morgan fingerprint density at radius 3 is 2.67 bits per heavy atom. The van der Waals surface area contributed by atoms with Crippen LogP contribution in [-0.2, 0) is 16.8 Å². The van der Waals surface area contributed by atoms with Gasteiger partial charge in [0.2, 0.25) is 5.91 Å². The molecule has 1 atom stereocenters. The molecule has 4 heteroatoms. The highest BCUT2D eigenvalue weighted by atomic mass is 16.2. The van der Waals surface area contributed by atoms with Gasteiger partial charge in [-0.05, 0) is 37.2 Å². The Labute approximate surface area is 143 Å². The number of hydrogen-bond acceptors (Lipinski definition) is 2. The van der Waals surface area contributed by atoms with Crippen molar-refractivity contribution < 1.29 is 4.79 Å². The number of carbonyl (C=O) groups excluding carboxylic acids is 1. The summed E-state index contributed by atoms with van der Waals surface area (Å²) >= 11 is 0. The Kier molecular flexibility index (Phi) is 3.70. The fraction of sp³-hybridized carbons (Fsp3) is 0.500. The van der Waals surface area contributed by atoms with E-state index in [0.29, 0.717) is 6.54 Å². The number of rotatable bonds is 5. The van der Waals surface area contributed by atoms with Crippen LogP contribution >= 0.6 is 0 Å². The molecule has 1 heterocycles. The van der Waals surface area contributed by atoms with Gasteiger partial charge in [0.05, 0.1) is 5.41 Å². The van der Waals surface area contributed by atoms with Crippen molar-refractivity contribution in [1.82, 2.24) is 14.9 Å². The summed E-state index contributed by atoms with van der Waals surface area (Å²) < 4.78 is 2.08. The first-order chi connectivity index (χ1) is 11.7. The van der Waals surface area contributed by atoms with E-state index >= 15 is 0 Å². The fourth-order valence-corrected chi connectivity index (χ4v) is 4.78. The van der Waals surface area contributed by atoms with Crippen molar-refractivity contribution in [3.05, 3.63) is 54.1 Å². The van der Waals surface area contributed by atoms with Crippen LogP contribution in [0.1, 0.15) is 43.5 Å². The third-order valence-corrected chi connectivity index (χ3v) is 6.16.